The quantitative estimate of drug-likeness (QED) is 0.729. The van der Waals surface area contributed by atoms with Crippen LogP contribution in [0.25, 0.3) is 0 Å². The van der Waals surface area contributed by atoms with Gasteiger partial charge in [0, 0.05) is 17.8 Å². The van der Waals surface area contributed by atoms with Crippen LogP contribution < -0.4 is 5.73 Å². The fourth-order valence-corrected chi connectivity index (χ4v) is 2.01. The Balaban J connectivity index is 1.82. The molecule has 1 aromatic heterocycles. The van der Waals surface area contributed by atoms with E-state index in [2.05, 4.69) is 10.4 Å². The van der Waals surface area contributed by atoms with E-state index < -0.39 is 0 Å². The zero-order valence-corrected chi connectivity index (χ0v) is 8.35. The Morgan fingerprint density at radius 1 is 1.62 bits per heavy atom. The molecule has 1 fully saturated rings. The first kappa shape index (κ1) is 9.12. The van der Waals surface area contributed by atoms with E-state index >= 15 is 0 Å². The zero-order chi connectivity index (χ0) is 9.10. The Morgan fingerprint density at radius 2 is 2.46 bits per heavy atom. The second-order valence-electron chi connectivity index (χ2n) is 3.28. The molecular formula is C9H14N2OS. The van der Waals surface area contributed by atoms with Crippen LogP contribution in [0.4, 0.5) is 0 Å². The number of thiazole rings is 1. The highest BCUT2D eigenvalue weighted by molar-refractivity contribution is 7.09. The highest BCUT2D eigenvalue weighted by atomic mass is 32.1. The third kappa shape index (κ3) is 2.49. The number of nitrogens with zero attached hydrogens (tertiary/aromatic N) is 1. The third-order valence-electron chi connectivity index (χ3n) is 2.05. The molecule has 1 saturated carbocycles. The number of ether oxygens (including phenoxy) is 1. The van der Waals surface area contributed by atoms with Crippen molar-refractivity contribution in [3.05, 3.63) is 16.1 Å². The molecule has 0 unspecified atom stereocenters. The van der Waals surface area contributed by atoms with Gasteiger partial charge in [-0.1, -0.05) is 0 Å². The normalized spacial score (nSPS) is 16.4. The van der Waals surface area contributed by atoms with Crippen LogP contribution in [0.2, 0.25) is 0 Å². The van der Waals surface area contributed by atoms with Crippen molar-refractivity contribution in [3.63, 3.8) is 0 Å². The SMILES string of the molecule is NCCOCc1nc(C2CC2)cs1. The predicted octanol–water partition coefficient (Wildman–Crippen LogP) is 1.50. The fraction of sp³-hybridized carbons (Fsp3) is 0.667. The van der Waals surface area contributed by atoms with Crippen LogP contribution in [0, 0.1) is 0 Å². The van der Waals surface area contributed by atoms with Crippen molar-refractivity contribution < 1.29 is 4.74 Å². The molecule has 0 amide bonds. The second-order valence-corrected chi connectivity index (χ2v) is 4.22. The van der Waals surface area contributed by atoms with E-state index in [0.717, 1.165) is 10.9 Å². The highest BCUT2D eigenvalue weighted by Crippen LogP contribution is 2.40. The maximum absolute atomic E-state index is 5.31. The first-order chi connectivity index (χ1) is 6.40. The molecule has 0 aliphatic heterocycles. The van der Waals surface area contributed by atoms with Crippen molar-refractivity contribution in [1.29, 1.82) is 0 Å². The Kier molecular flexibility index (Phi) is 2.93. The summed E-state index contributed by atoms with van der Waals surface area (Å²) in [7, 11) is 0. The van der Waals surface area contributed by atoms with Gasteiger partial charge in [0.2, 0.25) is 0 Å². The van der Waals surface area contributed by atoms with Crippen molar-refractivity contribution in [2.75, 3.05) is 13.2 Å². The molecule has 2 rings (SSSR count). The molecule has 2 N–H and O–H groups in total. The molecule has 13 heavy (non-hydrogen) atoms. The van der Waals surface area contributed by atoms with Gasteiger partial charge in [-0.2, -0.15) is 0 Å². The van der Waals surface area contributed by atoms with Gasteiger partial charge in [-0.25, -0.2) is 4.98 Å². The van der Waals surface area contributed by atoms with Crippen LogP contribution in [0.15, 0.2) is 5.38 Å². The van der Waals surface area contributed by atoms with E-state index in [1.54, 1.807) is 11.3 Å². The van der Waals surface area contributed by atoms with Gasteiger partial charge in [0.05, 0.1) is 18.9 Å². The smallest absolute Gasteiger partial charge is 0.119 e. The number of hydrogen-bond donors (Lipinski definition) is 1. The molecule has 4 heteroatoms. The minimum atomic E-state index is 0.584. The van der Waals surface area contributed by atoms with E-state index in [-0.39, 0.29) is 0 Å². The molecule has 0 radical (unpaired) electrons. The van der Waals surface area contributed by atoms with Gasteiger partial charge >= 0.3 is 0 Å². The molecule has 72 valence electrons. The molecule has 0 aromatic carbocycles. The molecule has 0 atom stereocenters. The molecule has 3 nitrogen and oxygen atoms in total. The summed E-state index contributed by atoms with van der Waals surface area (Å²) in [6.07, 6.45) is 2.62. The maximum Gasteiger partial charge on any atom is 0.119 e. The largest absolute Gasteiger partial charge is 0.373 e. The van der Waals surface area contributed by atoms with Gasteiger partial charge < -0.3 is 10.5 Å². The maximum atomic E-state index is 5.31. The third-order valence-corrected chi connectivity index (χ3v) is 2.89. The Morgan fingerprint density at radius 3 is 3.15 bits per heavy atom. The molecule has 0 bridgehead atoms. The standard InChI is InChI=1S/C9H14N2OS/c10-3-4-12-5-9-11-8(6-13-9)7-1-2-7/h6-7H,1-5,10H2. The lowest BCUT2D eigenvalue weighted by Crippen LogP contribution is -2.08. The monoisotopic (exact) mass is 198 g/mol. The average molecular weight is 198 g/mol. The van der Waals surface area contributed by atoms with Crippen molar-refractivity contribution in [2.24, 2.45) is 5.73 Å². The van der Waals surface area contributed by atoms with Crippen LogP contribution in [-0.2, 0) is 11.3 Å². The number of aromatic nitrogens is 1. The number of nitrogens with two attached hydrogens (primary N) is 1. The van der Waals surface area contributed by atoms with Crippen LogP contribution in [0.1, 0.15) is 29.5 Å². The summed E-state index contributed by atoms with van der Waals surface area (Å²) in [5.41, 5.74) is 6.57. The summed E-state index contributed by atoms with van der Waals surface area (Å²) < 4.78 is 5.31. The molecular weight excluding hydrogens is 184 g/mol. The van der Waals surface area contributed by atoms with E-state index in [9.17, 15) is 0 Å². The summed E-state index contributed by atoms with van der Waals surface area (Å²) in [4.78, 5) is 4.50. The number of rotatable bonds is 5. The van der Waals surface area contributed by atoms with E-state index in [1.165, 1.54) is 18.5 Å². The van der Waals surface area contributed by atoms with Gasteiger partial charge in [0.15, 0.2) is 0 Å². The topological polar surface area (TPSA) is 48.1 Å². The lowest BCUT2D eigenvalue weighted by molar-refractivity contribution is 0.128. The second kappa shape index (κ2) is 4.17. The first-order valence-corrected chi connectivity index (χ1v) is 5.50. The average Bonchev–Trinajstić information content (AvgIpc) is 2.88. The molecule has 1 aliphatic rings. The Hall–Kier alpha value is -0.450. The lowest BCUT2D eigenvalue weighted by atomic mass is 10.3. The summed E-state index contributed by atoms with van der Waals surface area (Å²) in [6, 6.07) is 0. The highest BCUT2D eigenvalue weighted by Gasteiger charge is 2.25. The first-order valence-electron chi connectivity index (χ1n) is 4.62. The van der Waals surface area contributed by atoms with Gasteiger partial charge in [0.1, 0.15) is 5.01 Å². The molecule has 1 aromatic rings. The van der Waals surface area contributed by atoms with Crippen LogP contribution in [0.5, 0.6) is 0 Å². The zero-order valence-electron chi connectivity index (χ0n) is 7.53. The molecule has 0 saturated heterocycles. The van der Waals surface area contributed by atoms with Crippen LogP contribution in [0.3, 0.4) is 0 Å². The van der Waals surface area contributed by atoms with E-state index in [4.69, 9.17) is 10.5 Å². The van der Waals surface area contributed by atoms with Crippen molar-refractivity contribution in [2.45, 2.75) is 25.4 Å². The van der Waals surface area contributed by atoms with Crippen LogP contribution in [-0.4, -0.2) is 18.1 Å². The number of hydrogen-bond acceptors (Lipinski definition) is 4. The summed E-state index contributed by atoms with van der Waals surface area (Å²) in [5.74, 6) is 0.750. The minimum Gasteiger partial charge on any atom is -0.373 e. The van der Waals surface area contributed by atoms with Gasteiger partial charge in [0.25, 0.3) is 0 Å². The Labute approximate surface area is 81.9 Å². The van der Waals surface area contributed by atoms with Crippen molar-refractivity contribution >= 4 is 11.3 Å². The fourth-order valence-electron chi connectivity index (χ4n) is 1.20. The van der Waals surface area contributed by atoms with E-state index in [0.29, 0.717) is 19.8 Å². The van der Waals surface area contributed by atoms with E-state index in [1.807, 2.05) is 0 Å². The summed E-state index contributed by atoms with van der Waals surface area (Å²) >= 11 is 1.69. The van der Waals surface area contributed by atoms with Crippen molar-refractivity contribution in [1.82, 2.24) is 4.98 Å². The van der Waals surface area contributed by atoms with Gasteiger partial charge in [-0.05, 0) is 12.8 Å². The predicted molar refractivity (Wildman–Crippen MR) is 52.8 cm³/mol. The lowest BCUT2D eigenvalue weighted by Gasteiger charge is -1.97. The van der Waals surface area contributed by atoms with Gasteiger partial charge in [-0.3, -0.25) is 0 Å². The summed E-state index contributed by atoms with van der Waals surface area (Å²) in [5, 5.41) is 3.23. The van der Waals surface area contributed by atoms with Crippen LogP contribution >= 0.6 is 11.3 Å². The molecule has 1 heterocycles. The van der Waals surface area contributed by atoms with Gasteiger partial charge in [-0.15, -0.1) is 11.3 Å². The van der Waals surface area contributed by atoms with Crippen molar-refractivity contribution in [3.8, 4) is 0 Å². The molecule has 1 aliphatic carbocycles. The minimum absolute atomic E-state index is 0.584. The summed E-state index contributed by atoms with van der Waals surface area (Å²) in [6.45, 7) is 1.83. The molecule has 0 spiro atoms. The Bertz CT molecular complexity index is 270.